The molecule has 3 radical (unpaired) electrons. The van der Waals surface area contributed by atoms with Crippen LogP contribution < -0.4 is 49.7 Å². The summed E-state index contributed by atoms with van der Waals surface area (Å²) in [6.45, 7) is 5.17. The highest BCUT2D eigenvalue weighted by Gasteiger charge is 2.29. The molecule has 6 atom stereocenters. The van der Waals surface area contributed by atoms with Gasteiger partial charge in [0, 0.05) is 96.6 Å². The molecule has 94 heavy (non-hydrogen) atoms. The summed E-state index contributed by atoms with van der Waals surface area (Å²) in [7, 11) is 14.0. The van der Waals surface area contributed by atoms with Gasteiger partial charge in [-0.05, 0) is 158 Å². The predicted octanol–water partition coefficient (Wildman–Crippen LogP) is 14.6. The molecule has 0 unspecified atom stereocenters. The number of hydrogen-bond acceptors (Lipinski definition) is 18. The summed E-state index contributed by atoms with van der Waals surface area (Å²) < 4.78 is 31.7. The van der Waals surface area contributed by atoms with Crippen LogP contribution >= 0.6 is 70.6 Å². The van der Waals surface area contributed by atoms with Crippen molar-refractivity contribution in [1.82, 2.24) is 21.3 Å². The number of thioether (sulfide) groups is 6. The number of Topliss-reactive ketones (excluding diaryl/α,β-unsaturated/α-hetero) is 2. The van der Waals surface area contributed by atoms with Crippen molar-refractivity contribution in [1.29, 1.82) is 0 Å². The molecular formula is C74H102BN4O9S6. The molecule has 511 valence electrons. The number of carbonyl (C=O) groups excluding carboxylic acids is 3. The van der Waals surface area contributed by atoms with Gasteiger partial charge < -0.3 is 49.7 Å². The second-order valence-corrected chi connectivity index (χ2v) is 28.8. The molecule has 0 spiro atoms. The van der Waals surface area contributed by atoms with E-state index in [1.54, 1.807) is 85.0 Å². The average Bonchev–Trinajstić information content (AvgIpc) is 2.39. The Morgan fingerprint density at radius 1 is 0.383 bits per heavy atom. The van der Waals surface area contributed by atoms with Gasteiger partial charge in [0.05, 0.1) is 60.7 Å². The fraction of sp³-hybridized carbons (Fsp3) is 0.473. The van der Waals surface area contributed by atoms with Crippen LogP contribution in [0, 0.1) is 11.8 Å². The van der Waals surface area contributed by atoms with E-state index in [0.717, 1.165) is 98.0 Å². The number of nitrogens with one attached hydrogen (secondary N) is 4. The molecule has 6 aromatic carbocycles. The van der Waals surface area contributed by atoms with Crippen molar-refractivity contribution in [3.63, 3.8) is 0 Å². The number of likely N-dealkylation sites (N-methyl/N-ethyl adjacent to an activating group) is 1. The lowest BCUT2D eigenvalue weighted by Crippen LogP contribution is -2.47. The minimum Gasteiger partial charge on any atom is -0.497 e. The summed E-state index contributed by atoms with van der Waals surface area (Å²) in [5, 5.41) is 13.8. The van der Waals surface area contributed by atoms with Crippen LogP contribution in [0.1, 0.15) is 85.8 Å². The molecule has 6 rings (SSSR count). The van der Waals surface area contributed by atoms with E-state index in [9.17, 15) is 14.4 Å². The monoisotopic (exact) mass is 1390 g/mol. The molecule has 0 bridgehead atoms. The lowest BCUT2D eigenvalue weighted by Gasteiger charge is -2.25. The summed E-state index contributed by atoms with van der Waals surface area (Å²) in [4.78, 5) is 40.3. The van der Waals surface area contributed by atoms with Gasteiger partial charge >= 0.3 is 0 Å². The van der Waals surface area contributed by atoms with E-state index in [-0.39, 0.29) is 32.3 Å². The van der Waals surface area contributed by atoms with Crippen LogP contribution in [0.4, 0.5) is 0 Å². The van der Waals surface area contributed by atoms with Gasteiger partial charge in [-0.1, -0.05) is 93.1 Å². The topological polar surface area (TPSA) is 155 Å². The zero-order chi connectivity index (χ0) is 66.8. The summed E-state index contributed by atoms with van der Waals surface area (Å²) in [5.41, 5.74) is 7.41. The molecule has 0 fully saturated rings. The van der Waals surface area contributed by atoms with Crippen LogP contribution in [-0.4, -0.2) is 148 Å². The second-order valence-electron chi connectivity index (χ2n) is 22.6. The Balaban J connectivity index is 0.000000397. The van der Waals surface area contributed by atoms with E-state index >= 15 is 0 Å². The number of amides is 1. The molecule has 0 aliphatic rings. The normalized spacial score (nSPS) is 12.9. The average molecular weight is 1390 g/mol. The third-order valence-corrected chi connectivity index (χ3v) is 22.7. The fourth-order valence-corrected chi connectivity index (χ4v) is 16.6. The molecule has 20 heteroatoms. The number of ketones is 2. The number of methoxy groups -OCH3 is 6. The van der Waals surface area contributed by atoms with Crippen LogP contribution in [0.25, 0.3) is 0 Å². The van der Waals surface area contributed by atoms with Gasteiger partial charge in [0.1, 0.15) is 34.5 Å². The lowest BCUT2D eigenvalue weighted by atomic mass is 9.99. The molecule has 0 saturated carbocycles. The van der Waals surface area contributed by atoms with Gasteiger partial charge in [0.15, 0.2) is 11.6 Å². The molecule has 13 nitrogen and oxygen atoms in total. The molecule has 0 aromatic heterocycles. The first-order chi connectivity index (χ1) is 45.3. The minimum atomic E-state index is -0.630. The summed E-state index contributed by atoms with van der Waals surface area (Å²) in [6, 6.07) is 49.0. The second kappa shape index (κ2) is 48.6. The highest BCUT2D eigenvalue weighted by Crippen LogP contribution is 2.27. The number of hydrogen-bond donors (Lipinski definition) is 4. The quantitative estimate of drug-likeness (QED) is 0.0268. The van der Waals surface area contributed by atoms with E-state index in [2.05, 4.69) is 120 Å². The lowest BCUT2D eigenvalue weighted by molar-refractivity contribution is -0.131. The maximum absolute atomic E-state index is 13.8. The highest BCUT2D eigenvalue weighted by molar-refractivity contribution is 7.99. The standard InChI is InChI=1S/C37H48N2O6S3.C37H54N2O3S3.B/c1-6-35(40)34(25-48-22-28-11-17-32(45-5)18-12-28)39-37(42)29(23-46-20-26-7-13-30(43-3)14-8-26)19-36(41)33(38-2)24-47-21-27-9-15-31(44-4)16-10-27;1-6-7-34(28-45-25-31-13-20-37(42-5)21-14-31)39-22-32(26-43-23-29-9-16-35(40-3)17-10-29)8-15-33(38-2)27-44-24-30-11-18-36(41-4)19-12-30;/h7-18,29,33-34,38H,6,19-25H2,1-5H3,(H,39,42);9-14,16-21,32-34,38-39H,6-8,15,22-28H2,1-5H3;/t29-,33-,34-;32-,33-,34-;/m01./s1. The summed E-state index contributed by atoms with van der Waals surface area (Å²) in [5.74, 6) is 15.0. The van der Waals surface area contributed by atoms with Crippen LogP contribution in [0.5, 0.6) is 34.5 Å². The van der Waals surface area contributed by atoms with Gasteiger partial charge in [-0.2, -0.15) is 70.6 Å². The van der Waals surface area contributed by atoms with Crippen LogP contribution in [0.2, 0.25) is 0 Å². The molecule has 4 N–H and O–H groups in total. The van der Waals surface area contributed by atoms with Gasteiger partial charge in [-0.15, -0.1) is 0 Å². The Labute approximate surface area is 590 Å². The van der Waals surface area contributed by atoms with Gasteiger partial charge in [-0.3, -0.25) is 14.4 Å². The van der Waals surface area contributed by atoms with E-state index < -0.39 is 18.0 Å². The minimum absolute atomic E-state index is 0. The molecular weight excluding hydrogens is 1290 g/mol. The van der Waals surface area contributed by atoms with Crippen molar-refractivity contribution >= 4 is 96.5 Å². The Bertz CT molecular complexity index is 2980. The van der Waals surface area contributed by atoms with E-state index in [4.69, 9.17) is 28.4 Å². The highest BCUT2D eigenvalue weighted by atomic mass is 32.2. The smallest absolute Gasteiger partial charge is 0.225 e. The SMILES string of the molecule is CCC(=O)[C@H](CSCc1ccc(OC)cc1)NC(=O)[C@H](CSCc1ccc(OC)cc1)CC(=O)[C@H](CSCc1ccc(OC)cc1)NC.CCC[C@H](CSCc1ccc(OC)cc1)NC[C@@H](CC[C@H](CSCc1ccc(OC)cc1)NC)CSCc1ccc(OC)cc1.[B]. The Morgan fingerprint density at radius 2 is 0.713 bits per heavy atom. The number of ether oxygens (including phenoxy) is 6. The van der Waals surface area contributed by atoms with Crippen molar-refractivity contribution in [2.24, 2.45) is 11.8 Å². The summed E-state index contributed by atoms with van der Waals surface area (Å²) >= 11 is 11.0. The fourth-order valence-electron chi connectivity index (χ4n) is 9.84. The number of carbonyl (C=O) groups is 3. The van der Waals surface area contributed by atoms with Gasteiger partial charge in [-0.25, -0.2) is 0 Å². The molecule has 0 aliphatic heterocycles. The van der Waals surface area contributed by atoms with Gasteiger partial charge in [0.25, 0.3) is 0 Å². The van der Waals surface area contributed by atoms with E-state index in [0.29, 0.717) is 53.2 Å². The predicted molar refractivity (Wildman–Crippen MR) is 406 cm³/mol. The van der Waals surface area contributed by atoms with E-state index in [1.165, 1.54) is 42.4 Å². The van der Waals surface area contributed by atoms with Crippen LogP contribution in [0.3, 0.4) is 0 Å². The van der Waals surface area contributed by atoms with Crippen molar-refractivity contribution in [3.05, 3.63) is 179 Å². The third kappa shape index (κ3) is 31.9. The van der Waals surface area contributed by atoms with Crippen LogP contribution in [-0.2, 0) is 48.9 Å². The molecule has 0 heterocycles. The zero-order valence-corrected chi connectivity index (χ0v) is 61.9. The Kier molecular flexibility index (Phi) is 42.1. The number of benzene rings is 6. The molecule has 0 aliphatic carbocycles. The first-order valence-electron chi connectivity index (χ1n) is 32.0. The molecule has 6 aromatic rings. The van der Waals surface area contributed by atoms with Crippen LogP contribution in [0.15, 0.2) is 146 Å². The van der Waals surface area contributed by atoms with Crippen molar-refractivity contribution in [2.45, 2.75) is 111 Å². The van der Waals surface area contributed by atoms with E-state index in [1.807, 2.05) is 103 Å². The number of rotatable bonds is 47. The summed E-state index contributed by atoms with van der Waals surface area (Å²) in [6.07, 6.45) is 5.22. The maximum atomic E-state index is 13.8. The van der Waals surface area contributed by atoms with Gasteiger partial charge in [0.2, 0.25) is 5.91 Å². The van der Waals surface area contributed by atoms with Crippen molar-refractivity contribution in [2.75, 3.05) is 97.8 Å². The first kappa shape index (κ1) is 81.4. The maximum Gasteiger partial charge on any atom is 0.225 e. The molecule has 0 saturated heterocycles. The Hall–Kier alpha value is -5.03. The van der Waals surface area contributed by atoms with Crippen molar-refractivity contribution < 1.29 is 42.8 Å². The molecule has 1 amide bonds. The first-order valence-corrected chi connectivity index (χ1v) is 39.0. The Morgan fingerprint density at radius 3 is 1.04 bits per heavy atom. The third-order valence-electron chi connectivity index (χ3n) is 15.7. The zero-order valence-electron chi connectivity index (χ0n) is 57.0. The van der Waals surface area contributed by atoms with Crippen molar-refractivity contribution in [3.8, 4) is 34.5 Å². The largest absolute Gasteiger partial charge is 0.497 e.